The van der Waals surface area contributed by atoms with Gasteiger partial charge in [-0.25, -0.2) is 4.98 Å². The zero-order valence-electron chi connectivity index (χ0n) is 7.63. The van der Waals surface area contributed by atoms with Crippen molar-refractivity contribution in [2.45, 2.75) is 13.8 Å². The van der Waals surface area contributed by atoms with E-state index in [2.05, 4.69) is 4.98 Å². The van der Waals surface area contributed by atoms with Crippen molar-refractivity contribution >= 4 is 0 Å². The molecule has 0 aliphatic carbocycles. The molecule has 1 rings (SSSR count). The standard InChI is InChI=1S/C9H13NO2/c1-4-12-8-5-6-10-9(11-3)7(8)2/h5-6H,4H2,1-3H3. The van der Waals surface area contributed by atoms with Crippen molar-refractivity contribution in [3.63, 3.8) is 0 Å². The summed E-state index contributed by atoms with van der Waals surface area (Å²) in [6.07, 6.45) is 1.68. The average Bonchev–Trinajstić information content (AvgIpc) is 2.09. The summed E-state index contributed by atoms with van der Waals surface area (Å²) in [5.74, 6) is 1.46. The molecule has 0 amide bonds. The highest BCUT2D eigenvalue weighted by Crippen LogP contribution is 2.24. The first-order valence-electron chi connectivity index (χ1n) is 3.92. The van der Waals surface area contributed by atoms with Gasteiger partial charge in [0.2, 0.25) is 5.88 Å². The number of aromatic nitrogens is 1. The molecule has 0 unspecified atom stereocenters. The first-order chi connectivity index (χ1) is 5.79. The molecule has 0 fully saturated rings. The number of ether oxygens (including phenoxy) is 2. The van der Waals surface area contributed by atoms with E-state index < -0.39 is 0 Å². The molecular weight excluding hydrogens is 154 g/mol. The zero-order valence-corrected chi connectivity index (χ0v) is 7.63. The van der Waals surface area contributed by atoms with Crippen LogP contribution in [0.1, 0.15) is 12.5 Å². The van der Waals surface area contributed by atoms with E-state index in [1.807, 2.05) is 19.9 Å². The Kier molecular flexibility index (Phi) is 2.91. The van der Waals surface area contributed by atoms with E-state index in [0.717, 1.165) is 11.3 Å². The molecular formula is C9H13NO2. The van der Waals surface area contributed by atoms with Crippen molar-refractivity contribution < 1.29 is 9.47 Å². The topological polar surface area (TPSA) is 31.4 Å². The lowest BCUT2D eigenvalue weighted by atomic mass is 10.3. The van der Waals surface area contributed by atoms with Crippen LogP contribution in [0.5, 0.6) is 11.6 Å². The first-order valence-corrected chi connectivity index (χ1v) is 3.92. The Bertz CT molecular complexity index is 261. The van der Waals surface area contributed by atoms with Crippen LogP contribution in [0.25, 0.3) is 0 Å². The fraction of sp³-hybridized carbons (Fsp3) is 0.444. The van der Waals surface area contributed by atoms with Crippen LogP contribution in [-0.2, 0) is 0 Å². The SMILES string of the molecule is CCOc1ccnc(OC)c1C. The predicted molar refractivity (Wildman–Crippen MR) is 46.7 cm³/mol. The third kappa shape index (κ3) is 1.67. The van der Waals surface area contributed by atoms with Crippen LogP contribution in [0.4, 0.5) is 0 Å². The summed E-state index contributed by atoms with van der Waals surface area (Å²) in [6.45, 7) is 4.54. The molecule has 3 nitrogen and oxygen atoms in total. The highest BCUT2D eigenvalue weighted by atomic mass is 16.5. The molecule has 1 aromatic rings. The molecule has 3 heteroatoms. The maximum atomic E-state index is 5.36. The lowest BCUT2D eigenvalue weighted by molar-refractivity contribution is 0.330. The number of pyridine rings is 1. The second kappa shape index (κ2) is 3.95. The van der Waals surface area contributed by atoms with Gasteiger partial charge in [-0.3, -0.25) is 0 Å². The van der Waals surface area contributed by atoms with Crippen molar-refractivity contribution in [2.75, 3.05) is 13.7 Å². The molecule has 0 N–H and O–H groups in total. The van der Waals surface area contributed by atoms with E-state index in [4.69, 9.17) is 9.47 Å². The van der Waals surface area contributed by atoms with E-state index >= 15 is 0 Å². The minimum atomic E-state index is 0.626. The van der Waals surface area contributed by atoms with Gasteiger partial charge in [-0.05, 0) is 19.9 Å². The van der Waals surface area contributed by atoms with Crippen LogP contribution in [0.2, 0.25) is 0 Å². The normalized spacial score (nSPS) is 9.58. The van der Waals surface area contributed by atoms with Crippen molar-refractivity contribution in [3.8, 4) is 11.6 Å². The zero-order chi connectivity index (χ0) is 8.97. The molecule has 66 valence electrons. The van der Waals surface area contributed by atoms with E-state index in [1.165, 1.54) is 0 Å². The van der Waals surface area contributed by atoms with E-state index in [9.17, 15) is 0 Å². The molecule has 0 radical (unpaired) electrons. The van der Waals surface area contributed by atoms with Gasteiger partial charge in [0.1, 0.15) is 5.75 Å². The molecule has 0 spiro atoms. The maximum absolute atomic E-state index is 5.36. The first kappa shape index (κ1) is 8.84. The third-order valence-electron chi connectivity index (χ3n) is 1.60. The maximum Gasteiger partial charge on any atom is 0.219 e. The lowest BCUT2D eigenvalue weighted by Crippen LogP contribution is -1.97. The number of methoxy groups -OCH3 is 1. The Morgan fingerprint density at radius 3 is 2.83 bits per heavy atom. The molecule has 0 aromatic carbocycles. The second-order valence-electron chi connectivity index (χ2n) is 2.38. The van der Waals surface area contributed by atoms with Crippen LogP contribution in [0.3, 0.4) is 0 Å². The van der Waals surface area contributed by atoms with Crippen LogP contribution in [0, 0.1) is 6.92 Å². The molecule has 0 aliphatic heterocycles. The monoisotopic (exact) mass is 167 g/mol. The Morgan fingerprint density at radius 2 is 2.25 bits per heavy atom. The molecule has 1 heterocycles. The molecule has 0 bridgehead atoms. The molecule has 0 atom stereocenters. The highest BCUT2D eigenvalue weighted by molar-refractivity contribution is 5.38. The summed E-state index contributed by atoms with van der Waals surface area (Å²) in [5.41, 5.74) is 0.946. The summed E-state index contributed by atoms with van der Waals surface area (Å²) in [7, 11) is 1.60. The fourth-order valence-corrected chi connectivity index (χ4v) is 1.02. The molecule has 0 aliphatic rings. The van der Waals surface area contributed by atoms with Crippen LogP contribution in [-0.4, -0.2) is 18.7 Å². The van der Waals surface area contributed by atoms with Gasteiger partial charge in [0, 0.05) is 6.20 Å². The van der Waals surface area contributed by atoms with Crippen molar-refractivity contribution in [1.29, 1.82) is 0 Å². The van der Waals surface area contributed by atoms with Gasteiger partial charge in [0.25, 0.3) is 0 Å². The number of hydrogen-bond acceptors (Lipinski definition) is 3. The van der Waals surface area contributed by atoms with Crippen LogP contribution < -0.4 is 9.47 Å². The lowest BCUT2D eigenvalue weighted by Gasteiger charge is -2.08. The molecule has 12 heavy (non-hydrogen) atoms. The van der Waals surface area contributed by atoms with Gasteiger partial charge in [-0.1, -0.05) is 0 Å². The van der Waals surface area contributed by atoms with E-state index in [-0.39, 0.29) is 0 Å². The van der Waals surface area contributed by atoms with E-state index in [1.54, 1.807) is 13.3 Å². The number of hydrogen-bond donors (Lipinski definition) is 0. The Labute approximate surface area is 72.3 Å². The van der Waals surface area contributed by atoms with Crippen LogP contribution in [0.15, 0.2) is 12.3 Å². The molecule has 1 aromatic heterocycles. The van der Waals surface area contributed by atoms with Gasteiger partial charge in [-0.2, -0.15) is 0 Å². The number of rotatable bonds is 3. The highest BCUT2D eigenvalue weighted by Gasteiger charge is 2.04. The number of nitrogens with zero attached hydrogens (tertiary/aromatic N) is 1. The summed E-state index contributed by atoms with van der Waals surface area (Å²) < 4.78 is 10.4. The van der Waals surface area contributed by atoms with Gasteiger partial charge >= 0.3 is 0 Å². The summed E-state index contributed by atoms with van der Waals surface area (Å²) >= 11 is 0. The summed E-state index contributed by atoms with van der Waals surface area (Å²) in [5, 5.41) is 0. The van der Waals surface area contributed by atoms with Gasteiger partial charge in [0.15, 0.2) is 0 Å². The summed E-state index contributed by atoms with van der Waals surface area (Å²) in [4.78, 5) is 4.04. The van der Waals surface area contributed by atoms with Gasteiger partial charge in [0.05, 0.1) is 19.3 Å². The Hall–Kier alpha value is -1.25. The fourth-order valence-electron chi connectivity index (χ4n) is 1.02. The van der Waals surface area contributed by atoms with Gasteiger partial charge in [-0.15, -0.1) is 0 Å². The molecule has 0 saturated heterocycles. The van der Waals surface area contributed by atoms with Crippen molar-refractivity contribution in [2.24, 2.45) is 0 Å². The van der Waals surface area contributed by atoms with E-state index in [0.29, 0.717) is 12.5 Å². The Morgan fingerprint density at radius 1 is 1.50 bits per heavy atom. The quantitative estimate of drug-likeness (QED) is 0.687. The molecule has 0 saturated carbocycles. The smallest absolute Gasteiger partial charge is 0.219 e. The largest absolute Gasteiger partial charge is 0.493 e. The third-order valence-corrected chi connectivity index (χ3v) is 1.60. The minimum absolute atomic E-state index is 0.626. The van der Waals surface area contributed by atoms with Crippen LogP contribution >= 0.6 is 0 Å². The average molecular weight is 167 g/mol. The Balaban J connectivity index is 2.97. The second-order valence-corrected chi connectivity index (χ2v) is 2.38. The van der Waals surface area contributed by atoms with Crippen molar-refractivity contribution in [1.82, 2.24) is 4.98 Å². The minimum Gasteiger partial charge on any atom is -0.493 e. The van der Waals surface area contributed by atoms with Crippen molar-refractivity contribution in [3.05, 3.63) is 17.8 Å². The summed E-state index contributed by atoms with van der Waals surface area (Å²) in [6, 6.07) is 1.83. The predicted octanol–water partition coefficient (Wildman–Crippen LogP) is 1.80. The van der Waals surface area contributed by atoms with Gasteiger partial charge < -0.3 is 9.47 Å².